The highest BCUT2D eigenvalue weighted by Gasteiger charge is 2.61. The first-order valence-electron chi connectivity index (χ1n) is 9.52. The molecule has 6 unspecified atom stereocenters. The molecule has 1 aromatic rings. The van der Waals surface area contributed by atoms with Crippen LogP contribution in [-0.2, 0) is 19.2 Å². The Morgan fingerprint density at radius 3 is 1.69 bits per heavy atom. The van der Waals surface area contributed by atoms with Crippen molar-refractivity contribution in [1.29, 1.82) is 0 Å². The summed E-state index contributed by atoms with van der Waals surface area (Å²) in [6, 6.07) is 8.77. The van der Waals surface area contributed by atoms with E-state index in [2.05, 4.69) is 0 Å². The van der Waals surface area contributed by atoms with Crippen molar-refractivity contribution in [3.05, 3.63) is 42.5 Å². The molecule has 1 saturated carbocycles. The molecule has 1 amide bonds. The Kier molecular flexibility index (Phi) is 5.72. The summed E-state index contributed by atoms with van der Waals surface area (Å²) in [4.78, 5) is 50.8. The number of amides is 1. The maximum Gasteiger partial charge on any atom is 0.308 e. The number of allylic oxidation sites excluding steroid dienone is 2. The van der Waals surface area contributed by atoms with Crippen LogP contribution in [0.5, 0.6) is 0 Å². The molecule has 8 heteroatoms. The number of para-hydroxylation sites is 1. The molecule has 8 nitrogen and oxygen atoms in total. The van der Waals surface area contributed by atoms with Crippen LogP contribution in [-0.4, -0.2) is 45.7 Å². The summed E-state index contributed by atoms with van der Waals surface area (Å²) >= 11 is 0. The second-order valence-corrected chi connectivity index (χ2v) is 7.48. The third kappa shape index (κ3) is 3.50. The van der Waals surface area contributed by atoms with Crippen LogP contribution in [0.1, 0.15) is 13.3 Å². The normalized spacial score (nSPS) is 30.0. The van der Waals surface area contributed by atoms with Crippen LogP contribution in [0.4, 0.5) is 5.69 Å². The first kappa shape index (κ1) is 20.6. The average Bonchev–Trinajstić information content (AvgIpc) is 2.70. The number of carboxylic acid groups (broad SMARTS) is 3. The molecule has 0 spiro atoms. The minimum Gasteiger partial charge on any atom is -0.481 e. The van der Waals surface area contributed by atoms with Crippen molar-refractivity contribution in [2.75, 3.05) is 11.4 Å². The fourth-order valence-corrected chi connectivity index (χ4v) is 4.79. The van der Waals surface area contributed by atoms with Gasteiger partial charge in [0.25, 0.3) is 0 Å². The predicted octanol–water partition coefficient (Wildman–Crippen LogP) is 1.96. The smallest absolute Gasteiger partial charge is 0.308 e. The molecule has 6 atom stereocenters. The number of nitrogens with zero attached hydrogens (tertiary/aromatic N) is 1. The number of rotatable bonds is 7. The van der Waals surface area contributed by atoms with Gasteiger partial charge in [0, 0.05) is 24.1 Å². The number of carbonyl (C=O) groups is 4. The van der Waals surface area contributed by atoms with Gasteiger partial charge >= 0.3 is 17.9 Å². The SMILES string of the molecule is CCCN(C(=O)C1C2C=CC(C(C(=O)O)C2C(=O)O)C1C(=O)O)c1ccccc1. The van der Waals surface area contributed by atoms with E-state index in [4.69, 9.17) is 0 Å². The quantitative estimate of drug-likeness (QED) is 0.595. The van der Waals surface area contributed by atoms with Crippen LogP contribution in [0.25, 0.3) is 0 Å². The number of benzene rings is 1. The molecule has 154 valence electrons. The second kappa shape index (κ2) is 8.06. The topological polar surface area (TPSA) is 132 Å². The van der Waals surface area contributed by atoms with Crippen LogP contribution in [0, 0.1) is 35.5 Å². The predicted molar refractivity (Wildman–Crippen MR) is 102 cm³/mol. The van der Waals surface area contributed by atoms with Gasteiger partial charge in [0.1, 0.15) is 0 Å². The Morgan fingerprint density at radius 1 is 0.793 bits per heavy atom. The first-order valence-corrected chi connectivity index (χ1v) is 9.52. The van der Waals surface area contributed by atoms with Gasteiger partial charge in [-0.1, -0.05) is 37.3 Å². The number of carbonyl (C=O) groups excluding carboxylic acids is 1. The maximum atomic E-state index is 13.5. The van der Waals surface area contributed by atoms with Crippen LogP contribution in [0.15, 0.2) is 42.5 Å². The van der Waals surface area contributed by atoms with E-state index in [1.54, 1.807) is 30.3 Å². The van der Waals surface area contributed by atoms with Gasteiger partial charge in [-0.25, -0.2) is 0 Å². The summed E-state index contributed by atoms with van der Waals surface area (Å²) in [5.74, 6) is -11.7. The van der Waals surface area contributed by atoms with Crippen molar-refractivity contribution in [3.63, 3.8) is 0 Å². The Labute approximate surface area is 167 Å². The Balaban J connectivity index is 2.07. The molecule has 3 aliphatic carbocycles. The number of aliphatic carboxylic acids is 3. The minimum absolute atomic E-state index is 0.340. The minimum atomic E-state index is -1.39. The maximum absolute atomic E-state index is 13.5. The van der Waals surface area contributed by atoms with Gasteiger partial charge in [0.05, 0.1) is 23.7 Å². The number of hydrogen-bond donors (Lipinski definition) is 3. The lowest BCUT2D eigenvalue weighted by Crippen LogP contribution is -2.59. The van der Waals surface area contributed by atoms with Crippen LogP contribution < -0.4 is 4.90 Å². The summed E-state index contributed by atoms with van der Waals surface area (Å²) in [7, 11) is 0. The van der Waals surface area contributed by atoms with E-state index < -0.39 is 59.3 Å². The fraction of sp³-hybridized carbons (Fsp3) is 0.429. The molecule has 2 bridgehead atoms. The summed E-state index contributed by atoms with van der Waals surface area (Å²) in [5.41, 5.74) is 0.593. The Bertz CT molecular complexity index is 850. The summed E-state index contributed by atoms with van der Waals surface area (Å²) in [6.45, 7) is 2.22. The third-order valence-corrected chi connectivity index (χ3v) is 5.91. The Morgan fingerprint density at radius 2 is 1.24 bits per heavy atom. The van der Waals surface area contributed by atoms with Crippen molar-refractivity contribution < 1.29 is 34.5 Å². The van der Waals surface area contributed by atoms with Crippen LogP contribution >= 0.6 is 0 Å². The zero-order valence-electron chi connectivity index (χ0n) is 15.8. The second-order valence-electron chi connectivity index (χ2n) is 7.48. The Hall–Kier alpha value is -3.16. The molecule has 29 heavy (non-hydrogen) atoms. The van der Waals surface area contributed by atoms with Crippen molar-refractivity contribution in [1.82, 2.24) is 0 Å². The number of fused-ring (bicyclic) bond motifs is 2. The van der Waals surface area contributed by atoms with E-state index in [1.807, 2.05) is 6.92 Å². The van der Waals surface area contributed by atoms with E-state index in [1.165, 1.54) is 17.1 Å². The van der Waals surface area contributed by atoms with Crippen molar-refractivity contribution in [2.24, 2.45) is 35.5 Å². The molecular weight excluding hydrogens is 378 g/mol. The van der Waals surface area contributed by atoms with Crippen LogP contribution in [0.2, 0.25) is 0 Å². The van der Waals surface area contributed by atoms with Crippen LogP contribution in [0.3, 0.4) is 0 Å². The van der Waals surface area contributed by atoms with Gasteiger partial charge in [-0.3, -0.25) is 19.2 Å². The van der Waals surface area contributed by atoms with Gasteiger partial charge in [-0.15, -0.1) is 0 Å². The van der Waals surface area contributed by atoms with Crippen molar-refractivity contribution >= 4 is 29.5 Å². The fourth-order valence-electron chi connectivity index (χ4n) is 4.79. The summed E-state index contributed by atoms with van der Waals surface area (Å²) in [6.07, 6.45) is 3.59. The molecule has 0 aromatic heterocycles. The van der Waals surface area contributed by atoms with E-state index in [-0.39, 0.29) is 0 Å². The molecule has 0 aliphatic heterocycles. The van der Waals surface area contributed by atoms with Crippen molar-refractivity contribution in [2.45, 2.75) is 13.3 Å². The summed E-state index contributed by atoms with van der Waals surface area (Å²) < 4.78 is 0. The first-order chi connectivity index (χ1) is 13.8. The lowest BCUT2D eigenvalue weighted by molar-refractivity contribution is -0.173. The molecule has 0 heterocycles. The molecular formula is C21H23NO7. The van der Waals surface area contributed by atoms with Gasteiger partial charge in [-0.2, -0.15) is 0 Å². The lowest BCUT2D eigenvalue weighted by atomic mass is 9.52. The highest BCUT2D eigenvalue weighted by molar-refractivity contribution is 5.99. The standard InChI is InChI=1S/C21H23NO7/c1-2-10-22(11-6-4-3-5-7-11)18(23)14-12-8-9-13(15(14)19(24)25)17(21(28)29)16(12)20(26)27/h3-9,12-17H,2,10H2,1H3,(H,24,25)(H,26,27)(H,28,29). The van der Waals surface area contributed by atoms with Gasteiger partial charge in [0.2, 0.25) is 5.91 Å². The highest BCUT2D eigenvalue weighted by Crippen LogP contribution is 2.52. The van der Waals surface area contributed by atoms with Gasteiger partial charge in [-0.05, 0) is 18.6 Å². The van der Waals surface area contributed by atoms with E-state index in [9.17, 15) is 34.5 Å². The molecule has 0 saturated heterocycles. The number of carboxylic acids is 3. The lowest BCUT2D eigenvalue weighted by Gasteiger charge is -2.49. The molecule has 4 rings (SSSR count). The summed E-state index contributed by atoms with van der Waals surface area (Å²) in [5, 5.41) is 29.1. The van der Waals surface area contributed by atoms with E-state index in [0.29, 0.717) is 18.7 Å². The molecule has 1 aromatic carbocycles. The van der Waals surface area contributed by atoms with E-state index >= 15 is 0 Å². The highest BCUT2D eigenvalue weighted by atomic mass is 16.4. The van der Waals surface area contributed by atoms with Crippen molar-refractivity contribution in [3.8, 4) is 0 Å². The molecule has 0 radical (unpaired) electrons. The third-order valence-electron chi connectivity index (χ3n) is 5.91. The zero-order chi connectivity index (χ0) is 21.3. The van der Waals surface area contributed by atoms with Gasteiger partial charge in [0.15, 0.2) is 0 Å². The molecule has 3 N–H and O–H groups in total. The molecule has 1 fully saturated rings. The molecule has 3 aliphatic rings. The zero-order valence-corrected chi connectivity index (χ0v) is 15.8. The number of anilines is 1. The number of hydrogen-bond acceptors (Lipinski definition) is 4. The van der Waals surface area contributed by atoms with Gasteiger partial charge < -0.3 is 20.2 Å². The monoisotopic (exact) mass is 401 g/mol. The average molecular weight is 401 g/mol. The largest absolute Gasteiger partial charge is 0.481 e. The van der Waals surface area contributed by atoms with E-state index in [0.717, 1.165) is 0 Å².